The van der Waals surface area contributed by atoms with Gasteiger partial charge in [0, 0.05) is 26.8 Å². The van der Waals surface area contributed by atoms with Gasteiger partial charge in [-0.3, -0.25) is 4.79 Å². The van der Waals surface area contributed by atoms with E-state index in [9.17, 15) is 4.79 Å². The fraction of sp³-hybridized carbons (Fsp3) is 0.556. The third-order valence-corrected chi connectivity index (χ3v) is 4.44. The van der Waals surface area contributed by atoms with Gasteiger partial charge in [-0.15, -0.1) is 0 Å². The van der Waals surface area contributed by atoms with Crippen LogP contribution in [-0.4, -0.2) is 25.0 Å². The Morgan fingerprint density at radius 3 is 2.55 bits per heavy atom. The summed E-state index contributed by atoms with van der Waals surface area (Å²) in [6.45, 7) is 9.03. The molecule has 1 aliphatic rings. The monoisotopic (exact) mass is 301 g/mol. The highest BCUT2D eigenvalue weighted by atomic mass is 16.2. The molecule has 120 valence electrons. The van der Waals surface area contributed by atoms with Crippen molar-refractivity contribution < 1.29 is 4.79 Å². The molecule has 0 radical (unpaired) electrons. The predicted molar refractivity (Wildman–Crippen MR) is 90.6 cm³/mol. The molecule has 0 saturated heterocycles. The Morgan fingerprint density at radius 2 is 2.05 bits per heavy atom. The number of pyridine rings is 1. The van der Waals surface area contributed by atoms with Crippen molar-refractivity contribution in [2.24, 2.45) is 17.3 Å². The molecule has 22 heavy (non-hydrogen) atoms. The van der Waals surface area contributed by atoms with E-state index in [0.717, 1.165) is 11.4 Å². The Labute approximate surface area is 133 Å². The molecule has 1 heterocycles. The number of hydrogen-bond acceptors (Lipinski definition) is 3. The summed E-state index contributed by atoms with van der Waals surface area (Å²) < 4.78 is 0. The van der Waals surface area contributed by atoms with Crippen molar-refractivity contribution >= 4 is 11.7 Å². The van der Waals surface area contributed by atoms with Gasteiger partial charge in [0.25, 0.3) is 0 Å². The lowest BCUT2D eigenvalue weighted by Gasteiger charge is -2.11. The van der Waals surface area contributed by atoms with Crippen LogP contribution in [0.5, 0.6) is 0 Å². The largest absolute Gasteiger partial charge is 0.363 e. The number of allylic oxidation sites excluding steroid dienone is 2. The molecular weight excluding hydrogens is 274 g/mol. The molecule has 2 atom stereocenters. The highest BCUT2D eigenvalue weighted by molar-refractivity contribution is 5.83. The molecule has 2 rings (SSSR count). The quantitative estimate of drug-likeness (QED) is 0.850. The minimum Gasteiger partial charge on any atom is -0.363 e. The van der Waals surface area contributed by atoms with Crippen LogP contribution in [0.25, 0.3) is 0 Å². The molecule has 0 spiro atoms. The van der Waals surface area contributed by atoms with Gasteiger partial charge in [0.15, 0.2) is 0 Å². The number of carbonyl (C=O) groups is 1. The highest BCUT2D eigenvalue weighted by Gasteiger charge is 2.60. The molecule has 0 aliphatic heterocycles. The van der Waals surface area contributed by atoms with Gasteiger partial charge < -0.3 is 10.2 Å². The maximum atomic E-state index is 12.4. The van der Waals surface area contributed by atoms with Crippen molar-refractivity contribution in [2.45, 2.75) is 34.2 Å². The summed E-state index contributed by atoms with van der Waals surface area (Å²) in [4.78, 5) is 18.7. The van der Waals surface area contributed by atoms with E-state index in [0.29, 0.717) is 12.5 Å². The first-order valence-electron chi connectivity index (χ1n) is 7.78. The summed E-state index contributed by atoms with van der Waals surface area (Å²) in [5.41, 5.74) is 2.36. The van der Waals surface area contributed by atoms with Crippen molar-refractivity contribution in [3.8, 4) is 0 Å². The van der Waals surface area contributed by atoms with Crippen LogP contribution < -0.4 is 10.2 Å². The smallest absolute Gasteiger partial charge is 0.224 e. The molecule has 4 heteroatoms. The van der Waals surface area contributed by atoms with Crippen molar-refractivity contribution in [1.82, 2.24) is 10.3 Å². The molecule has 1 aromatic rings. The number of nitrogens with zero attached hydrogens (tertiary/aromatic N) is 2. The minimum absolute atomic E-state index is 0.0639. The van der Waals surface area contributed by atoms with Crippen LogP contribution in [0.2, 0.25) is 0 Å². The highest BCUT2D eigenvalue weighted by Crippen LogP contribution is 2.59. The number of rotatable bonds is 5. The first kappa shape index (κ1) is 16.5. The third kappa shape index (κ3) is 3.49. The van der Waals surface area contributed by atoms with Crippen LogP contribution >= 0.6 is 0 Å². The first-order chi connectivity index (χ1) is 10.2. The van der Waals surface area contributed by atoms with Crippen molar-refractivity contribution in [2.75, 3.05) is 19.0 Å². The SMILES string of the molecule is CC(C)=C[C@@H]1[C@H](C(=O)NCc2ccc(N(C)C)nc2)C1(C)C. The molecule has 1 aromatic heterocycles. The summed E-state index contributed by atoms with van der Waals surface area (Å²) in [6.07, 6.45) is 4.04. The summed E-state index contributed by atoms with van der Waals surface area (Å²) >= 11 is 0. The number of carbonyl (C=O) groups excluding carboxylic acids is 1. The molecule has 1 saturated carbocycles. The Bertz CT molecular complexity index is 568. The summed E-state index contributed by atoms with van der Waals surface area (Å²) in [5.74, 6) is 1.49. The van der Waals surface area contributed by atoms with Crippen LogP contribution in [0.4, 0.5) is 5.82 Å². The van der Waals surface area contributed by atoms with Gasteiger partial charge in [0.2, 0.25) is 5.91 Å². The Balaban J connectivity index is 1.92. The maximum Gasteiger partial charge on any atom is 0.224 e. The second kappa shape index (κ2) is 6.11. The summed E-state index contributed by atoms with van der Waals surface area (Å²) in [5, 5.41) is 3.05. The van der Waals surface area contributed by atoms with E-state index in [1.165, 1.54) is 5.57 Å². The van der Waals surface area contributed by atoms with Gasteiger partial charge >= 0.3 is 0 Å². The number of anilines is 1. The van der Waals surface area contributed by atoms with Gasteiger partial charge in [-0.1, -0.05) is 31.6 Å². The van der Waals surface area contributed by atoms with E-state index in [-0.39, 0.29) is 17.2 Å². The number of aromatic nitrogens is 1. The van der Waals surface area contributed by atoms with Crippen LogP contribution in [0, 0.1) is 17.3 Å². The maximum absolute atomic E-state index is 12.4. The predicted octanol–water partition coefficient (Wildman–Crippen LogP) is 3.00. The van der Waals surface area contributed by atoms with Crippen LogP contribution in [0.1, 0.15) is 33.3 Å². The standard InChI is InChI=1S/C18H27N3O/c1-12(2)9-14-16(18(14,3)4)17(22)20-11-13-7-8-15(19-10-13)21(5)6/h7-10,14,16H,11H2,1-6H3,(H,20,22)/t14-,16-/m1/s1. The Hall–Kier alpha value is -1.84. The summed E-state index contributed by atoms with van der Waals surface area (Å²) in [7, 11) is 3.92. The first-order valence-corrected chi connectivity index (χ1v) is 7.78. The molecular formula is C18H27N3O. The molecule has 1 fully saturated rings. The second-order valence-electron chi connectivity index (χ2n) is 7.21. The minimum atomic E-state index is 0.0639. The Morgan fingerprint density at radius 1 is 1.36 bits per heavy atom. The van der Waals surface area contributed by atoms with E-state index in [2.05, 4.69) is 44.1 Å². The fourth-order valence-corrected chi connectivity index (χ4v) is 2.93. The van der Waals surface area contributed by atoms with E-state index in [4.69, 9.17) is 0 Å². The number of amides is 1. The average Bonchev–Trinajstić information content (AvgIpc) is 2.96. The van der Waals surface area contributed by atoms with Gasteiger partial charge in [-0.25, -0.2) is 4.98 Å². The normalized spacial score (nSPS) is 21.9. The summed E-state index contributed by atoms with van der Waals surface area (Å²) in [6, 6.07) is 3.97. The van der Waals surface area contributed by atoms with Crippen LogP contribution in [0.15, 0.2) is 30.0 Å². The van der Waals surface area contributed by atoms with Gasteiger partial charge in [0.05, 0.1) is 5.92 Å². The fourth-order valence-electron chi connectivity index (χ4n) is 2.93. The molecule has 4 nitrogen and oxygen atoms in total. The zero-order valence-corrected chi connectivity index (χ0v) is 14.5. The van der Waals surface area contributed by atoms with Crippen LogP contribution in [-0.2, 0) is 11.3 Å². The molecule has 0 unspecified atom stereocenters. The van der Waals surface area contributed by atoms with Crippen molar-refractivity contribution in [3.05, 3.63) is 35.5 Å². The number of nitrogens with one attached hydrogen (secondary N) is 1. The third-order valence-electron chi connectivity index (χ3n) is 4.44. The van der Waals surface area contributed by atoms with Crippen molar-refractivity contribution in [1.29, 1.82) is 0 Å². The van der Waals surface area contributed by atoms with Crippen molar-refractivity contribution in [3.63, 3.8) is 0 Å². The lowest BCUT2D eigenvalue weighted by Crippen LogP contribution is -2.26. The lowest BCUT2D eigenvalue weighted by atomic mass is 10.1. The second-order valence-corrected chi connectivity index (χ2v) is 7.21. The molecule has 0 aromatic carbocycles. The van der Waals surface area contributed by atoms with Gasteiger partial charge in [-0.05, 0) is 36.8 Å². The molecule has 1 N–H and O–H groups in total. The topological polar surface area (TPSA) is 45.2 Å². The van der Waals surface area contributed by atoms with E-state index in [1.54, 1.807) is 0 Å². The molecule has 0 bridgehead atoms. The Kier molecular flexibility index (Phi) is 4.59. The van der Waals surface area contributed by atoms with Crippen LogP contribution in [0.3, 0.4) is 0 Å². The van der Waals surface area contributed by atoms with E-state index >= 15 is 0 Å². The van der Waals surface area contributed by atoms with Gasteiger partial charge in [0.1, 0.15) is 5.82 Å². The van der Waals surface area contributed by atoms with E-state index < -0.39 is 0 Å². The lowest BCUT2D eigenvalue weighted by molar-refractivity contribution is -0.123. The zero-order valence-electron chi connectivity index (χ0n) is 14.5. The molecule has 1 aliphatic carbocycles. The zero-order chi connectivity index (χ0) is 16.5. The molecule has 1 amide bonds. The number of hydrogen-bond donors (Lipinski definition) is 1. The van der Waals surface area contributed by atoms with E-state index in [1.807, 2.05) is 37.3 Å². The van der Waals surface area contributed by atoms with Gasteiger partial charge in [-0.2, -0.15) is 0 Å². The average molecular weight is 301 g/mol.